The minimum absolute atomic E-state index is 0.0657. The molecule has 0 saturated heterocycles. The Balaban J connectivity index is 1.58. The van der Waals surface area contributed by atoms with Crippen LogP contribution in [-0.2, 0) is 10.0 Å². The smallest absolute Gasteiger partial charge is 0.287 e. The van der Waals surface area contributed by atoms with Crippen LogP contribution < -0.4 is 15.4 Å². The molecule has 0 aliphatic carbocycles. The molecule has 0 saturated carbocycles. The van der Waals surface area contributed by atoms with Gasteiger partial charge in [-0.25, -0.2) is 8.42 Å². The van der Waals surface area contributed by atoms with E-state index in [2.05, 4.69) is 15.4 Å². The van der Waals surface area contributed by atoms with Crippen LogP contribution in [0.2, 0.25) is 10.0 Å². The molecule has 2 amide bonds. The molecular weight excluding hydrogens is 465 g/mol. The van der Waals surface area contributed by atoms with Crippen molar-refractivity contribution in [3.63, 3.8) is 0 Å². The summed E-state index contributed by atoms with van der Waals surface area (Å²) in [5.74, 6) is -0.644. The Morgan fingerprint density at radius 2 is 1.61 bits per heavy atom. The number of carbonyl (C=O) groups is 2. The van der Waals surface area contributed by atoms with Crippen molar-refractivity contribution < 1.29 is 22.4 Å². The van der Waals surface area contributed by atoms with Crippen molar-refractivity contribution >= 4 is 50.7 Å². The van der Waals surface area contributed by atoms with Gasteiger partial charge in [0.05, 0.1) is 21.2 Å². The van der Waals surface area contributed by atoms with E-state index in [4.69, 9.17) is 27.6 Å². The molecule has 0 fully saturated rings. The summed E-state index contributed by atoms with van der Waals surface area (Å²) < 4.78 is 32.5. The predicted octanol–water partition coefficient (Wildman–Crippen LogP) is 3.55. The molecule has 3 N–H and O–H groups in total. The fourth-order valence-electron chi connectivity index (χ4n) is 2.53. The average Bonchev–Trinajstić information content (AvgIpc) is 3.27. The van der Waals surface area contributed by atoms with Crippen LogP contribution in [0.3, 0.4) is 0 Å². The van der Waals surface area contributed by atoms with Crippen molar-refractivity contribution in [1.82, 2.24) is 10.6 Å². The molecule has 1 heterocycles. The van der Waals surface area contributed by atoms with Gasteiger partial charge in [0.15, 0.2) is 5.76 Å². The van der Waals surface area contributed by atoms with Gasteiger partial charge in [0, 0.05) is 24.3 Å². The topological polar surface area (TPSA) is 118 Å². The first-order valence-corrected chi connectivity index (χ1v) is 11.2. The monoisotopic (exact) mass is 481 g/mol. The van der Waals surface area contributed by atoms with E-state index in [-0.39, 0.29) is 45.0 Å². The van der Waals surface area contributed by atoms with E-state index in [0.29, 0.717) is 0 Å². The van der Waals surface area contributed by atoms with Crippen molar-refractivity contribution in [2.75, 3.05) is 17.8 Å². The highest BCUT2D eigenvalue weighted by Gasteiger charge is 2.17. The highest BCUT2D eigenvalue weighted by atomic mass is 35.5. The zero-order valence-corrected chi connectivity index (χ0v) is 18.2. The Hall–Kier alpha value is -3.01. The molecular formula is C20H17Cl2N3O5S. The van der Waals surface area contributed by atoms with Gasteiger partial charge in [0.25, 0.3) is 21.8 Å². The van der Waals surface area contributed by atoms with Crippen molar-refractivity contribution in [2.24, 2.45) is 0 Å². The van der Waals surface area contributed by atoms with Crippen molar-refractivity contribution in [3.8, 4) is 0 Å². The molecule has 162 valence electrons. The lowest BCUT2D eigenvalue weighted by Crippen LogP contribution is -2.34. The lowest BCUT2D eigenvalue weighted by molar-refractivity contribution is 0.0910. The van der Waals surface area contributed by atoms with Gasteiger partial charge >= 0.3 is 0 Å². The van der Waals surface area contributed by atoms with Crippen LogP contribution in [0.15, 0.2) is 70.2 Å². The first-order chi connectivity index (χ1) is 14.8. The maximum absolute atomic E-state index is 12.6. The molecule has 11 heteroatoms. The SMILES string of the molecule is O=C(NCCNC(=O)c1ccco1)c1cccc(NS(=O)(=O)c2ccc(Cl)c(Cl)c2)c1. The van der Waals surface area contributed by atoms with Gasteiger partial charge in [0.2, 0.25) is 0 Å². The Kier molecular flexibility index (Phi) is 7.21. The van der Waals surface area contributed by atoms with Gasteiger partial charge < -0.3 is 15.1 Å². The summed E-state index contributed by atoms with van der Waals surface area (Å²) in [6, 6.07) is 13.0. The number of amides is 2. The normalized spacial score (nSPS) is 11.0. The standard InChI is InChI=1S/C20H17Cl2N3O5S/c21-16-7-6-15(12-17(16)22)31(28,29)25-14-4-1-3-13(11-14)19(26)23-8-9-24-20(27)18-5-2-10-30-18/h1-7,10-12,25H,8-9H2,(H,23,26)(H,24,27). The van der Waals surface area contributed by atoms with Crippen molar-refractivity contribution in [1.29, 1.82) is 0 Å². The number of benzene rings is 2. The summed E-state index contributed by atoms with van der Waals surface area (Å²) in [6.45, 7) is 0.361. The second-order valence-corrected chi connectivity index (χ2v) is 8.75. The van der Waals surface area contributed by atoms with E-state index in [9.17, 15) is 18.0 Å². The summed E-state index contributed by atoms with van der Waals surface area (Å²) in [5.41, 5.74) is 0.441. The predicted molar refractivity (Wildman–Crippen MR) is 117 cm³/mol. The second-order valence-electron chi connectivity index (χ2n) is 6.25. The lowest BCUT2D eigenvalue weighted by Gasteiger charge is -2.11. The lowest BCUT2D eigenvalue weighted by atomic mass is 10.2. The van der Waals surface area contributed by atoms with E-state index in [1.165, 1.54) is 48.7 Å². The molecule has 1 aromatic heterocycles. The summed E-state index contributed by atoms with van der Waals surface area (Å²) in [6.07, 6.45) is 1.39. The molecule has 3 aromatic rings. The van der Waals surface area contributed by atoms with Crippen LogP contribution >= 0.6 is 23.2 Å². The number of rotatable bonds is 8. The third kappa shape index (κ3) is 6.00. The molecule has 0 aliphatic heterocycles. The quantitative estimate of drug-likeness (QED) is 0.425. The molecule has 31 heavy (non-hydrogen) atoms. The number of furan rings is 1. The van der Waals surface area contributed by atoms with Crippen molar-refractivity contribution in [2.45, 2.75) is 4.90 Å². The molecule has 0 unspecified atom stereocenters. The van der Waals surface area contributed by atoms with Crippen LogP contribution in [0.4, 0.5) is 5.69 Å². The summed E-state index contributed by atoms with van der Waals surface area (Å²) >= 11 is 11.7. The average molecular weight is 482 g/mol. The van der Waals surface area contributed by atoms with Crippen molar-refractivity contribution in [3.05, 3.63) is 82.2 Å². The Bertz CT molecular complexity index is 1200. The van der Waals surface area contributed by atoms with Gasteiger partial charge in [-0.05, 0) is 48.5 Å². The molecule has 0 spiro atoms. The van der Waals surface area contributed by atoms with E-state index in [1.54, 1.807) is 12.1 Å². The zero-order valence-electron chi connectivity index (χ0n) is 15.9. The number of hydrogen-bond acceptors (Lipinski definition) is 5. The first-order valence-electron chi connectivity index (χ1n) is 8.94. The summed E-state index contributed by atoms with van der Waals surface area (Å²) in [7, 11) is -3.93. The molecule has 0 radical (unpaired) electrons. The summed E-state index contributed by atoms with van der Waals surface area (Å²) in [4.78, 5) is 24.0. The van der Waals surface area contributed by atoms with Gasteiger partial charge in [-0.2, -0.15) is 0 Å². The van der Waals surface area contributed by atoms with E-state index in [0.717, 1.165) is 0 Å². The number of sulfonamides is 1. The molecule has 0 aliphatic rings. The Morgan fingerprint density at radius 3 is 2.29 bits per heavy atom. The van der Waals surface area contributed by atoms with Crippen LogP contribution in [0.5, 0.6) is 0 Å². The van der Waals surface area contributed by atoms with E-state index in [1.807, 2.05) is 0 Å². The van der Waals surface area contributed by atoms with Gasteiger partial charge in [-0.1, -0.05) is 29.3 Å². The second kappa shape index (κ2) is 9.86. The fourth-order valence-corrected chi connectivity index (χ4v) is 3.97. The van der Waals surface area contributed by atoms with E-state index < -0.39 is 21.8 Å². The molecule has 3 rings (SSSR count). The fraction of sp³-hybridized carbons (Fsp3) is 0.100. The third-order valence-corrected chi connectivity index (χ3v) is 6.14. The molecule has 8 nitrogen and oxygen atoms in total. The van der Waals surface area contributed by atoms with Gasteiger partial charge in [0.1, 0.15) is 0 Å². The number of anilines is 1. The minimum Gasteiger partial charge on any atom is -0.459 e. The zero-order chi connectivity index (χ0) is 22.4. The molecule has 2 aromatic carbocycles. The Labute approximate surface area is 188 Å². The van der Waals surface area contributed by atoms with Crippen LogP contribution in [0.1, 0.15) is 20.9 Å². The van der Waals surface area contributed by atoms with E-state index >= 15 is 0 Å². The number of hydrogen-bond donors (Lipinski definition) is 3. The van der Waals surface area contributed by atoms with Crippen LogP contribution in [0, 0.1) is 0 Å². The van der Waals surface area contributed by atoms with Gasteiger partial charge in [-0.3, -0.25) is 14.3 Å². The number of nitrogens with one attached hydrogen (secondary N) is 3. The largest absolute Gasteiger partial charge is 0.459 e. The maximum Gasteiger partial charge on any atom is 0.287 e. The van der Waals surface area contributed by atoms with Crippen LogP contribution in [-0.4, -0.2) is 33.3 Å². The minimum atomic E-state index is -3.93. The highest BCUT2D eigenvalue weighted by Crippen LogP contribution is 2.26. The number of halogens is 2. The van der Waals surface area contributed by atoms with Gasteiger partial charge in [-0.15, -0.1) is 0 Å². The Morgan fingerprint density at radius 1 is 0.871 bits per heavy atom. The third-order valence-electron chi connectivity index (χ3n) is 4.02. The maximum atomic E-state index is 12.6. The molecule has 0 bridgehead atoms. The molecule has 0 atom stereocenters. The summed E-state index contributed by atoms with van der Waals surface area (Å²) in [5, 5.41) is 5.59. The first kappa shape index (κ1) is 22.7. The number of carbonyl (C=O) groups excluding carboxylic acids is 2. The van der Waals surface area contributed by atoms with Crippen LogP contribution in [0.25, 0.3) is 0 Å². The highest BCUT2D eigenvalue weighted by molar-refractivity contribution is 7.92.